The number of ether oxygens (including phenoxy) is 1. The van der Waals surface area contributed by atoms with Gasteiger partial charge in [0, 0.05) is 0 Å². The van der Waals surface area contributed by atoms with Crippen LogP contribution in [0.25, 0.3) is 0 Å². The van der Waals surface area contributed by atoms with E-state index >= 15 is 0 Å². The Morgan fingerprint density at radius 1 is 1.50 bits per heavy atom. The van der Waals surface area contributed by atoms with Crippen LogP contribution in [0.4, 0.5) is 0 Å². The zero-order chi connectivity index (χ0) is 11.4. The molecule has 4 heteroatoms. The molecule has 1 atom stereocenters. The van der Waals surface area contributed by atoms with Gasteiger partial charge in [-0.2, -0.15) is 11.8 Å². The highest BCUT2D eigenvalue weighted by molar-refractivity contribution is 7.98. The van der Waals surface area contributed by atoms with Crippen molar-refractivity contribution in [2.24, 2.45) is 4.99 Å². The van der Waals surface area contributed by atoms with Gasteiger partial charge in [0.25, 0.3) is 0 Å². The van der Waals surface area contributed by atoms with E-state index in [0.717, 1.165) is 12.2 Å². The van der Waals surface area contributed by atoms with Crippen LogP contribution in [0.15, 0.2) is 29.3 Å². The van der Waals surface area contributed by atoms with Crippen molar-refractivity contribution in [3.05, 3.63) is 29.8 Å². The summed E-state index contributed by atoms with van der Waals surface area (Å²) < 4.78 is 5.51. The largest absolute Gasteiger partial charge is 0.507 e. The summed E-state index contributed by atoms with van der Waals surface area (Å²) in [5.74, 6) is 1.89. The molecule has 0 amide bonds. The molecule has 0 radical (unpaired) electrons. The van der Waals surface area contributed by atoms with Crippen molar-refractivity contribution in [3.63, 3.8) is 0 Å². The van der Waals surface area contributed by atoms with Crippen LogP contribution in [0.2, 0.25) is 0 Å². The molecule has 86 valence electrons. The molecule has 1 aromatic carbocycles. The summed E-state index contributed by atoms with van der Waals surface area (Å²) >= 11 is 1.81. The predicted octanol–water partition coefficient (Wildman–Crippen LogP) is 2.29. The van der Waals surface area contributed by atoms with Crippen molar-refractivity contribution in [2.75, 3.05) is 18.6 Å². The third-order valence-corrected chi connectivity index (χ3v) is 3.15. The number of hydrogen-bond acceptors (Lipinski definition) is 4. The van der Waals surface area contributed by atoms with Crippen molar-refractivity contribution >= 4 is 17.7 Å². The Balaban J connectivity index is 2.09. The normalized spacial score (nSPS) is 19.3. The first-order valence-electron chi connectivity index (χ1n) is 5.29. The number of phenolic OH excluding ortho intramolecular Hbond substituents is 1. The molecule has 0 saturated carbocycles. The molecule has 0 spiro atoms. The van der Waals surface area contributed by atoms with Crippen molar-refractivity contribution in [1.29, 1.82) is 0 Å². The molecule has 0 unspecified atom stereocenters. The fraction of sp³-hybridized carbons (Fsp3) is 0.417. The minimum Gasteiger partial charge on any atom is -0.507 e. The number of aliphatic imine (C=N–C) groups is 1. The van der Waals surface area contributed by atoms with Gasteiger partial charge in [0.15, 0.2) is 0 Å². The molecule has 0 aliphatic carbocycles. The fourth-order valence-corrected chi connectivity index (χ4v) is 2.13. The second-order valence-electron chi connectivity index (χ2n) is 3.70. The van der Waals surface area contributed by atoms with Crippen molar-refractivity contribution in [3.8, 4) is 5.75 Å². The van der Waals surface area contributed by atoms with Crippen LogP contribution >= 0.6 is 11.8 Å². The number of aromatic hydroxyl groups is 1. The second-order valence-corrected chi connectivity index (χ2v) is 4.68. The highest BCUT2D eigenvalue weighted by Gasteiger charge is 2.21. The molecule has 3 nitrogen and oxygen atoms in total. The first kappa shape index (κ1) is 11.3. The smallest absolute Gasteiger partial charge is 0.220 e. The highest BCUT2D eigenvalue weighted by atomic mass is 32.2. The number of benzene rings is 1. The molecular weight excluding hydrogens is 222 g/mol. The van der Waals surface area contributed by atoms with Gasteiger partial charge < -0.3 is 9.84 Å². The van der Waals surface area contributed by atoms with Gasteiger partial charge in [-0.05, 0) is 30.6 Å². The summed E-state index contributed by atoms with van der Waals surface area (Å²) in [6, 6.07) is 7.37. The topological polar surface area (TPSA) is 41.8 Å². The van der Waals surface area contributed by atoms with Gasteiger partial charge in [0.05, 0.1) is 11.6 Å². The fourth-order valence-electron chi connectivity index (χ4n) is 1.62. The van der Waals surface area contributed by atoms with Crippen LogP contribution in [0.3, 0.4) is 0 Å². The van der Waals surface area contributed by atoms with E-state index in [0.29, 0.717) is 18.1 Å². The summed E-state index contributed by atoms with van der Waals surface area (Å²) in [5, 5.41) is 9.67. The Morgan fingerprint density at radius 2 is 2.31 bits per heavy atom. The second kappa shape index (κ2) is 5.25. The predicted molar refractivity (Wildman–Crippen MR) is 67.4 cm³/mol. The van der Waals surface area contributed by atoms with Crippen LogP contribution in [-0.4, -0.2) is 35.7 Å². The van der Waals surface area contributed by atoms with Gasteiger partial charge in [-0.1, -0.05) is 12.1 Å². The van der Waals surface area contributed by atoms with Crippen LogP contribution in [0.1, 0.15) is 12.0 Å². The lowest BCUT2D eigenvalue weighted by atomic mass is 10.2. The Kier molecular flexibility index (Phi) is 3.72. The number of para-hydroxylation sites is 1. The van der Waals surface area contributed by atoms with Crippen LogP contribution in [0, 0.1) is 0 Å². The molecule has 0 bridgehead atoms. The van der Waals surface area contributed by atoms with E-state index < -0.39 is 0 Å². The molecule has 1 N–H and O–H groups in total. The van der Waals surface area contributed by atoms with Gasteiger partial charge in [-0.25, -0.2) is 4.99 Å². The summed E-state index contributed by atoms with van der Waals surface area (Å²) in [4.78, 5) is 4.48. The first-order chi connectivity index (χ1) is 7.81. The average molecular weight is 237 g/mol. The Hall–Kier alpha value is -1.16. The Labute approximate surface area is 99.5 Å². The molecular formula is C12H15NO2S. The van der Waals surface area contributed by atoms with E-state index in [1.54, 1.807) is 12.1 Å². The molecule has 1 aliphatic rings. The molecule has 1 aromatic rings. The van der Waals surface area contributed by atoms with Crippen molar-refractivity contribution in [2.45, 2.75) is 12.5 Å². The SMILES string of the molecule is CSCC[C@H]1COC(c2ccccc2O)=N1. The van der Waals surface area contributed by atoms with E-state index in [4.69, 9.17) is 4.74 Å². The highest BCUT2D eigenvalue weighted by Crippen LogP contribution is 2.22. The minimum atomic E-state index is 0.228. The summed E-state index contributed by atoms with van der Waals surface area (Å²) in [6.45, 7) is 0.629. The number of phenols is 1. The summed E-state index contributed by atoms with van der Waals surface area (Å²) in [5.41, 5.74) is 0.689. The van der Waals surface area contributed by atoms with Crippen LogP contribution in [0.5, 0.6) is 5.75 Å². The lowest BCUT2D eigenvalue weighted by Crippen LogP contribution is -2.07. The Morgan fingerprint density at radius 3 is 3.06 bits per heavy atom. The first-order valence-corrected chi connectivity index (χ1v) is 6.68. The van der Waals surface area contributed by atoms with Gasteiger partial charge >= 0.3 is 0 Å². The number of nitrogens with zero attached hydrogens (tertiary/aromatic N) is 1. The molecule has 0 saturated heterocycles. The Bertz CT molecular complexity index is 392. The van der Waals surface area contributed by atoms with Crippen molar-refractivity contribution < 1.29 is 9.84 Å². The lowest BCUT2D eigenvalue weighted by Gasteiger charge is -2.02. The van der Waals surface area contributed by atoms with Crippen LogP contribution in [-0.2, 0) is 4.74 Å². The van der Waals surface area contributed by atoms with E-state index in [1.165, 1.54) is 0 Å². The number of thioether (sulfide) groups is 1. The third kappa shape index (κ3) is 2.50. The quantitative estimate of drug-likeness (QED) is 0.873. The van der Waals surface area contributed by atoms with Gasteiger partial charge in [-0.15, -0.1) is 0 Å². The molecule has 1 heterocycles. The summed E-state index contributed by atoms with van der Waals surface area (Å²) in [7, 11) is 0. The molecule has 2 rings (SSSR count). The monoisotopic (exact) mass is 237 g/mol. The van der Waals surface area contributed by atoms with Gasteiger partial charge in [0.2, 0.25) is 5.90 Å². The van der Waals surface area contributed by atoms with E-state index in [2.05, 4.69) is 11.2 Å². The average Bonchev–Trinajstić information content (AvgIpc) is 2.75. The maximum absolute atomic E-state index is 9.67. The molecule has 0 fully saturated rings. The van der Waals surface area contributed by atoms with E-state index in [1.807, 2.05) is 23.9 Å². The van der Waals surface area contributed by atoms with Crippen molar-refractivity contribution in [1.82, 2.24) is 0 Å². The molecule has 16 heavy (non-hydrogen) atoms. The maximum atomic E-state index is 9.67. The minimum absolute atomic E-state index is 0.228. The summed E-state index contributed by atoms with van der Waals surface area (Å²) in [6.07, 6.45) is 3.11. The lowest BCUT2D eigenvalue weighted by molar-refractivity contribution is 0.314. The molecule has 1 aliphatic heterocycles. The number of rotatable bonds is 4. The standard InChI is InChI=1S/C12H15NO2S/c1-16-7-6-9-8-15-12(13-9)10-4-2-3-5-11(10)14/h2-5,9,14H,6-8H2,1H3/t9-/m0/s1. The zero-order valence-electron chi connectivity index (χ0n) is 9.22. The number of hydrogen-bond donors (Lipinski definition) is 1. The van der Waals surface area contributed by atoms with Gasteiger partial charge in [0.1, 0.15) is 12.4 Å². The molecule has 0 aromatic heterocycles. The van der Waals surface area contributed by atoms with E-state index in [9.17, 15) is 5.11 Å². The van der Waals surface area contributed by atoms with Gasteiger partial charge in [-0.3, -0.25) is 0 Å². The van der Waals surface area contributed by atoms with Crippen LogP contribution < -0.4 is 0 Å². The maximum Gasteiger partial charge on any atom is 0.220 e. The van der Waals surface area contributed by atoms with E-state index in [-0.39, 0.29) is 11.8 Å². The third-order valence-electron chi connectivity index (χ3n) is 2.50. The zero-order valence-corrected chi connectivity index (χ0v) is 10.0.